The van der Waals surface area contributed by atoms with Crippen molar-refractivity contribution in [2.45, 2.75) is 17.9 Å². The summed E-state index contributed by atoms with van der Waals surface area (Å²) >= 11 is 7.39. The summed E-state index contributed by atoms with van der Waals surface area (Å²) in [6.07, 6.45) is 3.82. The van der Waals surface area contributed by atoms with Crippen LogP contribution in [0.4, 0.5) is 5.69 Å². The Balaban J connectivity index is 1.65. The Morgan fingerprint density at radius 2 is 1.59 bits per heavy atom. The van der Waals surface area contributed by atoms with Crippen molar-refractivity contribution in [3.05, 3.63) is 94.5 Å². The zero-order chi connectivity index (χ0) is 23.1. The lowest BCUT2D eigenvalue weighted by Gasteiger charge is -2.24. The van der Waals surface area contributed by atoms with Gasteiger partial charge in [-0.1, -0.05) is 48.0 Å². The van der Waals surface area contributed by atoms with Gasteiger partial charge in [0.1, 0.15) is 0 Å². The van der Waals surface area contributed by atoms with E-state index in [1.165, 1.54) is 22.3 Å². The molecule has 3 aromatic rings. The number of rotatable bonds is 9. The number of nitrogens with one attached hydrogen (secondary N) is 1. The first-order valence-corrected chi connectivity index (χ1v) is 13.5. The van der Waals surface area contributed by atoms with Gasteiger partial charge in [0.05, 0.1) is 18.5 Å². The van der Waals surface area contributed by atoms with Crippen LogP contribution < -0.4 is 9.62 Å². The number of anilines is 1. The molecule has 0 bridgehead atoms. The Labute approximate surface area is 198 Å². The highest BCUT2D eigenvalue weighted by Crippen LogP contribution is 2.31. The van der Waals surface area contributed by atoms with E-state index in [1.807, 2.05) is 48.7 Å². The molecule has 8 heteroatoms. The first-order valence-electron chi connectivity index (χ1n) is 10.0. The Morgan fingerprint density at radius 3 is 2.22 bits per heavy atom. The molecule has 1 N–H and O–H groups in total. The maximum Gasteiger partial charge on any atom is 0.251 e. The highest BCUT2D eigenvalue weighted by molar-refractivity contribution is 7.99. The SMILES string of the molecule is CSc1ccccc1N(Cc1ccc(C(=O)NCCc2ccc(Cl)cc2)cc1)S(C)(=O)=O. The van der Waals surface area contributed by atoms with Crippen molar-refractivity contribution in [2.75, 3.05) is 23.4 Å². The fraction of sp³-hybridized carbons (Fsp3) is 0.208. The number of hydrogen-bond acceptors (Lipinski definition) is 4. The van der Waals surface area contributed by atoms with E-state index in [4.69, 9.17) is 11.6 Å². The molecule has 5 nitrogen and oxygen atoms in total. The van der Waals surface area contributed by atoms with E-state index < -0.39 is 10.0 Å². The van der Waals surface area contributed by atoms with E-state index in [0.717, 1.165) is 16.0 Å². The van der Waals surface area contributed by atoms with Gasteiger partial charge in [0, 0.05) is 22.0 Å². The Hall–Kier alpha value is -2.48. The van der Waals surface area contributed by atoms with Crippen LogP contribution in [0.25, 0.3) is 0 Å². The van der Waals surface area contributed by atoms with Crippen LogP contribution in [0.3, 0.4) is 0 Å². The number of amides is 1. The second-order valence-electron chi connectivity index (χ2n) is 7.27. The molecular formula is C24H25ClN2O3S2. The number of sulfonamides is 1. The molecule has 0 saturated carbocycles. The van der Waals surface area contributed by atoms with Crippen molar-refractivity contribution < 1.29 is 13.2 Å². The lowest BCUT2D eigenvalue weighted by molar-refractivity contribution is 0.0954. The standard InChI is InChI=1S/C24H25ClN2O3S2/c1-31-23-6-4-3-5-22(23)27(32(2,29)30)17-19-7-11-20(12-8-19)24(28)26-16-15-18-9-13-21(25)14-10-18/h3-14H,15-17H2,1-2H3,(H,26,28). The molecule has 0 fully saturated rings. The van der Waals surface area contributed by atoms with E-state index in [2.05, 4.69) is 5.32 Å². The van der Waals surface area contributed by atoms with E-state index in [0.29, 0.717) is 29.2 Å². The summed E-state index contributed by atoms with van der Waals surface area (Å²) in [5, 5.41) is 3.59. The molecule has 0 unspecified atom stereocenters. The number of para-hydroxylation sites is 1. The van der Waals surface area contributed by atoms with E-state index in [1.54, 1.807) is 30.3 Å². The zero-order valence-corrected chi connectivity index (χ0v) is 20.3. The zero-order valence-electron chi connectivity index (χ0n) is 17.9. The lowest BCUT2D eigenvalue weighted by atomic mass is 10.1. The van der Waals surface area contributed by atoms with Crippen molar-refractivity contribution in [1.29, 1.82) is 0 Å². The maximum atomic E-state index is 12.5. The largest absolute Gasteiger partial charge is 0.352 e. The summed E-state index contributed by atoms with van der Waals surface area (Å²) in [5.74, 6) is -0.168. The molecule has 32 heavy (non-hydrogen) atoms. The van der Waals surface area contributed by atoms with E-state index in [-0.39, 0.29) is 12.5 Å². The van der Waals surface area contributed by atoms with Crippen LogP contribution in [-0.2, 0) is 23.0 Å². The Morgan fingerprint density at radius 1 is 0.969 bits per heavy atom. The molecule has 168 valence electrons. The smallest absolute Gasteiger partial charge is 0.251 e. The van der Waals surface area contributed by atoms with Gasteiger partial charge in [-0.25, -0.2) is 8.42 Å². The lowest BCUT2D eigenvalue weighted by Crippen LogP contribution is -2.30. The van der Waals surface area contributed by atoms with Crippen LogP contribution in [0, 0.1) is 0 Å². The number of nitrogens with zero attached hydrogens (tertiary/aromatic N) is 1. The molecule has 0 aromatic heterocycles. The molecule has 0 spiro atoms. The summed E-state index contributed by atoms with van der Waals surface area (Å²) in [7, 11) is -3.48. The monoisotopic (exact) mass is 488 g/mol. The summed E-state index contributed by atoms with van der Waals surface area (Å²) in [6, 6.07) is 21.9. The van der Waals surface area contributed by atoms with Gasteiger partial charge in [0.15, 0.2) is 0 Å². The van der Waals surface area contributed by atoms with Gasteiger partial charge in [0.25, 0.3) is 5.91 Å². The third-order valence-corrected chi connectivity index (χ3v) is 7.07. The number of carbonyl (C=O) groups excluding carboxylic acids is 1. The van der Waals surface area contributed by atoms with Crippen LogP contribution >= 0.6 is 23.4 Å². The summed E-state index contributed by atoms with van der Waals surface area (Å²) in [4.78, 5) is 13.3. The molecule has 0 aliphatic heterocycles. The predicted octanol–water partition coefficient (Wildman–Crippen LogP) is 5.00. The molecule has 3 aromatic carbocycles. The first kappa shape index (κ1) is 24.2. The van der Waals surface area contributed by atoms with Gasteiger partial charge in [-0.2, -0.15) is 0 Å². The first-order chi connectivity index (χ1) is 15.3. The van der Waals surface area contributed by atoms with Gasteiger partial charge in [-0.15, -0.1) is 11.8 Å². The predicted molar refractivity (Wildman–Crippen MR) is 133 cm³/mol. The average molecular weight is 489 g/mol. The van der Waals surface area contributed by atoms with Crippen molar-refractivity contribution in [3.8, 4) is 0 Å². The van der Waals surface area contributed by atoms with Crippen molar-refractivity contribution in [3.63, 3.8) is 0 Å². The topological polar surface area (TPSA) is 66.5 Å². The molecule has 1 amide bonds. The van der Waals surface area contributed by atoms with Gasteiger partial charge >= 0.3 is 0 Å². The van der Waals surface area contributed by atoms with Crippen LogP contribution in [-0.4, -0.2) is 33.4 Å². The van der Waals surface area contributed by atoms with Gasteiger partial charge in [0.2, 0.25) is 10.0 Å². The minimum absolute atomic E-state index is 0.168. The number of hydrogen-bond donors (Lipinski definition) is 1. The molecule has 0 atom stereocenters. The molecule has 0 radical (unpaired) electrons. The number of benzene rings is 3. The van der Waals surface area contributed by atoms with E-state index in [9.17, 15) is 13.2 Å². The van der Waals surface area contributed by atoms with Crippen molar-refractivity contribution >= 4 is 45.0 Å². The molecule has 0 saturated heterocycles. The van der Waals surface area contributed by atoms with Crippen LogP contribution in [0.5, 0.6) is 0 Å². The van der Waals surface area contributed by atoms with Gasteiger partial charge in [-0.05, 0) is 60.2 Å². The van der Waals surface area contributed by atoms with Crippen LogP contribution in [0.2, 0.25) is 5.02 Å². The Bertz CT molecular complexity index is 1160. The average Bonchev–Trinajstić information content (AvgIpc) is 2.78. The normalized spacial score (nSPS) is 11.2. The fourth-order valence-corrected chi connectivity index (χ4v) is 4.90. The quantitative estimate of drug-likeness (QED) is 0.430. The molecular weight excluding hydrogens is 464 g/mol. The third kappa shape index (κ3) is 6.51. The van der Waals surface area contributed by atoms with Crippen LogP contribution in [0.15, 0.2) is 77.7 Å². The van der Waals surface area contributed by atoms with Crippen molar-refractivity contribution in [2.24, 2.45) is 0 Å². The number of carbonyl (C=O) groups is 1. The molecule has 3 rings (SSSR count). The summed E-state index contributed by atoms with van der Waals surface area (Å²) in [5.41, 5.74) is 3.06. The maximum absolute atomic E-state index is 12.5. The molecule has 0 aliphatic carbocycles. The van der Waals surface area contributed by atoms with Gasteiger partial charge in [-0.3, -0.25) is 9.10 Å². The number of thioether (sulfide) groups is 1. The second kappa shape index (κ2) is 10.9. The summed E-state index contributed by atoms with van der Waals surface area (Å²) in [6.45, 7) is 0.699. The second-order valence-corrected chi connectivity index (χ2v) is 10.5. The molecule has 0 aliphatic rings. The van der Waals surface area contributed by atoms with Crippen molar-refractivity contribution in [1.82, 2.24) is 5.32 Å². The van der Waals surface area contributed by atoms with Crippen LogP contribution in [0.1, 0.15) is 21.5 Å². The Kier molecular flexibility index (Phi) is 8.23. The minimum Gasteiger partial charge on any atom is -0.352 e. The number of halogens is 1. The molecule has 0 heterocycles. The van der Waals surface area contributed by atoms with E-state index >= 15 is 0 Å². The van der Waals surface area contributed by atoms with Gasteiger partial charge < -0.3 is 5.32 Å². The third-order valence-electron chi connectivity index (χ3n) is 4.91. The highest BCUT2D eigenvalue weighted by Gasteiger charge is 2.20. The summed E-state index contributed by atoms with van der Waals surface area (Å²) < 4.78 is 26.3. The fourth-order valence-electron chi connectivity index (χ4n) is 3.22. The minimum atomic E-state index is -3.48. The highest BCUT2D eigenvalue weighted by atomic mass is 35.5.